The van der Waals surface area contributed by atoms with Gasteiger partial charge in [0.15, 0.2) is 0 Å². The van der Waals surface area contributed by atoms with Crippen LogP contribution in [0.4, 0.5) is 0 Å². The molecule has 3 nitrogen and oxygen atoms in total. The monoisotopic (exact) mass is 253 g/mol. The number of hydrogen-bond acceptors (Lipinski definition) is 3. The molecule has 1 atom stereocenters. The van der Waals surface area contributed by atoms with E-state index < -0.39 is 0 Å². The third-order valence-corrected chi connectivity index (χ3v) is 4.78. The summed E-state index contributed by atoms with van der Waals surface area (Å²) in [5.74, 6) is 0. The van der Waals surface area contributed by atoms with Crippen LogP contribution < -0.4 is 5.32 Å². The van der Waals surface area contributed by atoms with Crippen molar-refractivity contribution in [3.8, 4) is 0 Å². The number of piperazine rings is 1. The van der Waals surface area contributed by atoms with Crippen LogP contribution in [0.25, 0.3) is 0 Å². The molecule has 0 spiro atoms. The van der Waals surface area contributed by atoms with Gasteiger partial charge in [-0.3, -0.25) is 4.90 Å². The maximum Gasteiger partial charge on any atom is 0.0195 e. The molecule has 106 valence electrons. The Balaban J connectivity index is 1.81. The molecule has 0 bridgehead atoms. The molecule has 0 aliphatic carbocycles. The van der Waals surface area contributed by atoms with E-state index in [1.165, 1.54) is 65.0 Å². The maximum absolute atomic E-state index is 3.66. The summed E-state index contributed by atoms with van der Waals surface area (Å²) in [5.41, 5.74) is 0.556. The Morgan fingerprint density at radius 2 is 1.94 bits per heavy atom. The largest absolute Gasteiger partial charge is 0.311 e. The fourth-order valence-electron chi connectivity index (χ4n) is 3.44. The summed E-state index contributed by atoms with van der Waals surface area (Å²) in [5, 5.41) is 3.66. The van der Waals surface area contributed by atoms with Gasteiger partial charge in [-0.1, -0.05) is 20.3 Å². The van der Waals surface area contributed by atoms with Gasteiger partial charge in [0.1, 0.15) is 0 Å². The molecule has 0 aromatic rings. The zero-order valence-corrected chi connectivity index (χ0v) is 12.5. The van der Waals surface area contributed by atoms with Gasteiger partial charge < -0.3 is 10.2 Å². The summed E-state index contributed by atoms with van der Waals surface area (Å²) in [4.78, 5) is 5.18. The van der Waals surface area contributed by atoms with Crippen molar-refractivity contribution in [3.05, 3.63) is 0 Å². The SMILES string of the molecule is CCCC1CN(CC2(C)CCN(C)CC2)CCN1. The first kappa shape index (κ1) is 14.3. The molecule has 1 N–H and O–H groups in total. The summed E-state index contributed by atoms with van der Waals surface area (Å²) in [6.07, 6.45) is 5.36. The highest BCUT2D eigenvalue weighted by molar-refractivity contribution is 4.87. The van der Waals surface area contributed by atoms with Crippen LogP contribution in [0.15, 0.2) is 0 Å². The van der Waals surface area contributed by atoms with E-state index in [0.717, 1.165) is 6.04 Å². The van der Waals surface area contributed by atoms with Crippen LogP contribution in [-0.4, -0.2) is 62.2 Å². The summed E-state index contributed by atoms with van der Waals surface area (Å²) in [7, 11) is 2.25. The second kappa shape index (κ2) is 6.36. The lowest BCUT2D eigenvalue weighted by molar-refractivity contribution is 0.0707. The normalized spacial score (nSPS) is 30.5. The van der Waals surface area contributed by atoms with Crippen molar-refractivity contribution in [1.29, 1.82) is 0 Å². The summed E-state index contributed by atoms with van der Waals surface area (Å²) in [6.45, 7) is 12.3. The van der Waals surface area contributed by atoms with Crippen molar-refractivity contribution in [1.82, 2.24) is 15.1 Å². The second-order valence-electron chi connectivity index (χ2n) is 6.79. The summed E-state index contributed by atoms with van der Waals surface area (Å²) < 4.78 is 0. The lowest BCUT2D eigenvalue weighted by Crippen LogP contribution is -2.54. The molecular formula is C15H31N3. The fourth-order valence-corrected chi connectivity index (χ4v) is 3.44. The van der Waals surface area contributed by atoms with Crippen LogP contribution in [0.3, 0.4) is 0 Å². The van der Waals surface area contributed by atoms with Gasteiger partial charge in [0.05, 0.1) is 0 Å². The first-order valence-corrected chi connectivity index (χ1v) is 7.75. The Bertz CT molecular complexity index is 244. The molecule has 0 radical (unpaired) electrons. The zero-order valence-electron chi connectivity index (χ0n) is 12.5. The predicted octanol–water partition coefficient (Wildman–Crippen LogP) is 1.79. The lowest BCUT2D eigenvalue weighted by Gasteiger charge is -2.43. The van der Waals surface area contributed by atoms with E-state index in [0.29, 0.717) is 5.41 Å². The Kier molecular flexibility index (Phi) is 5.05. The molecule has 0 aromatic heterocycles. The highest BCUT2D eigenvalue weighted by atomic mass is 15.2. The van der Waals surface area contributed by atoms with Gasteiger partial charge in [-0.2, -0.15) is 0 Å². The smallest absolute Gasteiger partial charge is 0.0195 e. The number of nitrogens with one attached hydrogen (secondary N) is 1. The van der Waals surface area contributed by atoms with Crippen LogP contribution in [0, 0.1) is 5.41 Å². The minimum Gasteiger partial charge on any atom is -0.311 e. The van der Waals surface area contributed by atoms with Crippen LogP contribution >= 0.6 is 0 Å². The van der Waals surface area contributed by atoms with Gasteiger partial charge in [-0.25, -0.2) is 0 Å². The standard InChI is InChI=1S/C15H31N3/c1-4-5-14-12-18(11-8-16-14)13-15(2)6-9-17(3)10-7-15/h14,16H,4-13H2,1-3H3. The number of likely N-dealkylation sites (tertiary alicyclic amines) is 1. The van der Waals surface area contributed by atoms with Gasteiger partial charge in [0, 0.05) is 32.2 Å². The van der Waals surface area contributed by atoms with E-state index in [4.69, 9.17) is 0 Å². The van der Waals surface area contributed by atoms with Crippen molar-refractivity contribution in [2.45, 2.75) is 45.6 Å². The molecule has 2 fully saturated rings. The molecule has 18 heavy (non-hydrogen) atoms. The lowest BCUT2D eigenvalue weighted by atomic mass is 9.80. The predicted molar refractivity (Wildman–Crippen MR) is 78.0 cm³/mol. The van der Waals surface area contributed by atoms with Crippen LogP contribution in [0.5, 0.6) is 0 Å². The zero-order chi connectivity index (χ0) is 13.0. The average molecular weight is 253 g/mol. The van der Waals surface area contributed by atoms with Crippen molar-refractivity contribution < 1.29 is 0 Å². The Morgan fingerprint density at radius 3 is 2.61 bits per heavy atom. The van der Waals surface area contributed by atoms with Crippen molar-refractivity contribution in [3.63, 3.8) is 0 Å². The Labute approximate surface area is 113 Å². The third kappa shape index (κ3) is 3.94. The van der Waals surface area contributed by atoms with Crippen LogP contribution in [0.1, 0.15) is 39.5 Å². The van der Waals surface area contributed by atoms with Crippen LogP contribution in [0.2, 0.25) is 0 Å². The van der Waals surface area contributed by atoms with Crippen molar-refractivity contribution in [2.24, 2.45) is 5.41 Å². The topological polar surface area (TPSA) is 18.5 Å². The van der Waals surface area contributed by atoms with Gasteiger partial charge in [0.2, 0.25) is 0 Å². The van der Waals surface area contributed by atoms with E-state index in [1.807, 2.05) is 0 Å². The fraction of sp³-hybridized carbons (Fsp3) is 1.00. The number of rotatable bonds is 4. The van der Waals surface area contributed by atoms with E-state index in [1.54, 1.807) is 0 Å². The first-order chi connectivity index (χ1) is 8.61. The number of hydrogen-bond donors (Lipinski definition) is 1. The quantitative estimate of drug-likeness (QED) is 0.824. The van der Waals surface area contributed by atoms with E-state index in [9.17, 15) is 0 Å². The molecule has 3 heteroatoms. The molecular weight excluding hydrogens is 222 g/mol. The third-order valence-electron chi connectivity index (χ3n) is 4.78. The Hall–Kier alpha value is -0.120. The van der Waals surface area contributed by atoms with E-state index in [-0.39, 0.29) is 0 Å². The second-order valence-corrected chi connectivity index (χ2v) is 6.79. The Morgan fingerprint density at radius 1 is 1.22 bits per heavy atom. The number of nitrogens with zero attached hydrogens (tertiary/aromatic N) is 2. The maximum atomic E-state index is 3.66. The molecule has 0 saturated carbocycles. The van der Waals surface area contributed by atoms with Gasteiger partial charge in [-0.05, 0) is 44.8 Å². The van der Waals surface area contributed by atoms with Crippen LogP contribution in [-0.2, 0) is 0 Å². The highest BCUT2D eigenvalue weighted by Crippen LogP contribution is 2.31. The molecule has 2 aliphatic rings. The summed E-state index contributed by atoms with van der Waals surface area (Å²) >= 11 is 0. The molecule has 2 aliphatic heterocycles. The number of piperidine rings is 1. The van der Waals surface area contributed by atoms with Crippen molar-refractivity contribution in [2.75, 3.05) is 46.3 Å². The molecule has 0 aromatic carbocycles. The molecule has 2 rings (SSSR count). The molecule has 2 saturated heterocycles. The van der Waals surface area contributed by atoms with Gasteiger partial charge in [-0.15, -0.1) is 0 Å². The summed E-state index contributed by atoms with van der Waals surface area (Å²) in [6, 6.07) is 0.735. The van der Waals surface area contributed by atoms with Crippen molar-refractivity contribution >= 4 is 0 Å². The van der Waals surface area contributed by atoms with Gasteiger partial charge in [0.25, 0.3) is 0 Å². The highest BCUT2D eigenvalue weighted by Gasteiger charge is 2.32. The minimum absolute atomic E-state index is 0.556. The van der Waals surface area contributed by atoms with Gasteiger partial charge >= 0.3 is 0 Å². The minimum atomic E-state index is 0.556. The molecule has 0 amide bonds. The average Bonchev–Trinajstić information content (AvgIpc) is 2.34. The van der Waals surface area contributed by atoms with E-state index in [2.05, 4.69) is 36.0 Å². The first-order valence-electron chi connectivity index (χ1n) is 7.75. The molecule has 1 unspecified atom stereocenters. The molecule has 2 heterocycles. The van der Waals surface area contributed by atoms with E-state index >= 15 is 0 Å².